The van der Waals surface area contributed by atoms with E-state index in [-0.39, 0.29) is 12.3 Å². The summed E-state index contributed by atoms with van der Waals surface area (Å²) in [5.41, 5.74) is 3.60. The lowest BCUT2D eigenvalue weighted by Gasteiger charge is -2.04. The summed E-state index contributed by atoms with van der Waals surface area (Å²) in [7, 11) is 0. The van der Waals surface area contributed by atoms with Crippen LogP contribution in [0.5, 0.6) is 0 Å². The van der Waals surface area contributed by atoms with Crippen molar-refractivity contribution in [3.63, 3.8) is 0 Å². The van der Waals surface area contributed by atoms with Gasteiger partial charge in [-0.2, -0.15) is 0 Å². The first-order valence-electron chi connectivity index (χ1n) is 7.64. The zero-order valence-corrected chi connectivity index (χ0v) is 13.0. The summed E-state index contributed by atoms with van der Waals surface area (Å²) in [6.45, 7) is 2.10. The molecular formula is C19H18N2O2. The molecule has 2 aromatic carbocycles. The van der Waals surface area contributed by atoms with Gasteiger partial charge in [0.05, 0.1) is 12.1 Å². The van der Waals surface area contributed by atoms with Crippen LogP contribution in [0.25, 0.3) is 11.3 Å². The van der Waals surface area contributed by atoms with Gasteiger partial charge in [-0.05, 0) is 24.1 Å². The molecule has 1 heterocycles. The van der Waals surface area contributed by atoms with Gasteiger partial charge in [-0.15, -0.1) is 0 Å². The summed E-state index contributed by atoms with van der Waals surface area (Å²) in [6.07, 6.45) is 1.17. The molecule has 0 spiro atoms. The minimum atomic E-state index is -0.109. The van der Waals surface area contributed by atoms with Crippen LogP contribution < -0.4 is 5.32 Å². The van der Waals surface area contributed by atoms with Crippen molar-refractivity contribution in [2.45, 2.75) is 19.8 Å². The van der Waals surface area contributed by atoms with E-state index in [1.807, 2.05) is 54.6 Å². The Hall–Kier alpha value is -2.88. The molecule has 0 aliphatic rings. The fraction of sp³-hybridized carbons (Fsp3) is 0.158. The number of amides is 1. The monoisotopic (exact) mass is 306 g/mol. The van der Waals surface area contributed by atoms with E-state index in [9.17, 15) is 4.79 Å². The van der Waals surface area contributed by atoms with Crippen molar-refractivity contribution < 1.29 is 9.32 Å². The van der Waals surface area contributed by atoms with Gasteiger partial charge in [0, 0.05) is 17.3 Å². The largest absolute Gasteiger partial charge is 0.356 e. The summed E-state index contributed by atoms with van der Waals surface area (Å²) in [6, 6.07) is 19.4. The molecule has 0 bridgehead atoms. The average Bonchev–Trinajstić information content (AvgIpc) is 3.04. The maximum Gasteiger partial charge on any atom is 0.230 e. The maximum atomic E-state index is 12.1. The summed E-state index contributed by atoms with van der Waals surface area (Å²) in [4.78, 5) is 12.1. The lowest BCUT2D eigenvalue weighted by Crippen LogP contribution is -2.14. The van der Waals surface area contributed by atoms with Gasteiger partial charge in [-0.1, -0.05) is 54.5 Å². The molecule has 1 amide bonds. The molecule has 0 radical (unpaired) electrons. The van der Waals surface area contributed by atoms with E-state index in [0.717, 1.165) is 17.7 Å². The quantitative estimate of drug-likeness (QED) is 0.772. The third-order valence-electron chi connectivity index (χ3n) is 3.60. The Bertz CT molecular complexity index is 777. The number of benzene rings is 2. The molecule has 3 rings (SSSR count). The second-order valence-electron chi connectivity index (χ2n) is 5.32. The van der Waals surface area contributed by atoms with E-state index in [1.54, 1.807) is 6.07 Å². The Morgan fingerprint density at radius 2 is 1.83 bits per heavy atom. The van der Waals surface area contributed by atoms with Crippen LogP contribution in [0, 0.1) is 0 Å². The molecule has 4 heteroatoms. The van der Waals surface area contributed by atoms with Gasteiger partial charge in [-0.25, -0.2) is 0 Å². The van der Waals surface area contributed by atoms with Crippen molar-refractivity contribution in [1.82, 2.24) is 5.16 Å². The first-order valence-corrected chi connectivity index (χ1v) is 7.64. The van der Waals surface area contributed by atoms with Crippen LogP contribution in [0.2, 0.25) is 0 Å². The molecule has 0 aliphatic heterocycles. The number of hydrogen-bond acceptors (Lipinski definition) is 3. The van der Waals surface area contributed by atoms with E-state index >= 15 is 0 Å². The number of aromatic nitrogens is 1. The van der Waals surface area contributed by atoms with Crippen LogP contribution in [0.15, 0.2) is 65.2 Å². The predicted octanol–water partition coefficient (Wildman–Crippen LogP) is 4.09. The lowest BCUT2D eigenvalue weighted by molar-refractivity contribution is -0.115. The Labute approximate surface area is 135 Å². The van der Waals surface area contributed by atoms with E-state index < -0.39 is 0 Å². The third kappa shape index (κ3) is 3.86. The van der Waals surface area contributed by atoms with Crippen molar-refractivity contribution in [3.05, 3.63) is 71.9 Å². The Morgan fingerprint density at radius 3 is 2.52 bits per heavy atom. The van der Waals surface area contributed by atoms with Gasteiger partial charge >= 0.3 is 0 Å². The van der Waals surface area contributed by atoms with Crippen molar-refractivity contribution in [2.24, 2.45) is 0 Å². The third-order valence-corrected chi connectivity index (χ3v) is 3.60. The van der Waals surface area contributed by atoms with Crippen molar-refractivity contribution in [1.29, 1.82) is 0 Å². The molecule has 0 atom stereocenters. The van der Waals surface area contributed by atoms with Gasteiger partial charge in [0.2, 0.25) is 5.91 Å². The zero-order chi connectivity index (χ0) is 16.1. The highest BCUT2D eigenvalue weighted by Crippen LogP contribution is 2.20. The van der Waals surface area contributed by atoms with E-state index in [1.165, 1.54) is 5.56 Å². The summed E-state index contributed by atoms with van der Waals surface area (Å²) in [5, 5.41) is 6.84. The predicted molar refractivity (Wildman–Crippen MR) is 90.1 cm³/mol. The number of aryl methyl sites for hydroxylation is 1. The number of anilines is 1. The topological polar surface area (TPSA) is 55.1 Å². The fourth-order valence-corrected chi connectivity index (χ4v) is 2.33. The second kappa shape index (κ2) is 6.92. The van der Waals surface area contributed by atoms with Crippen molar-refractivity contribution in [2.75, 3.05) is 5.32 Å². The average molecular weight is 306 g/mol. The van der Waals surface area contributed by atoms with E-state index in [0.29, 0.717) is 11.5 Å². The van der Waals surface area contributed by atoms with Gasteiger partial charge in [0.15, 0.2) is 5.76 Å². The summed E-state index contributed by atoms with van der Waals surface area (Å²) in [5.74, 6) is 0.558. The van der Waals surface area contributed by atoms with Gasteiger partial charge in [-0.3, -0.25) is 4.79 Å². The molecule has 1 N–H and O–H groups in total. The normalized spacial score (nSPS) is 10.5. The highest BCUT2D eigenvalue weighted by molar-refractivity contribution is 5.92. The molecule has 4 nitrogen and oxygen atoms in total. The number of nitrogens with one attached hydrogen (secondary N) is 1. The zero-order valence-electron chi connectivity index (χ0n) is 13.0. The number of hydrogen-bond donors (Lipinski definition) is 1. The lowest BCUT2D eigenvalue weighted by atomic mass is 10.1. The molecule has 0 fully saturated rings. The van der Waals surface area contributed by atoms with Crippen LogP contribution in [-0.2, 0) is 17.6 Å². The number of rotatable bonds is 5. The minimum Gasteiger partial charge on any atom is -0.356 e. The standard InChI is InChI=1S/C19H18N2O2/c1-2-14-8-10-16(11-9-14)20-19(22)13-17-12-18(23-21-17)15-6-4-3-5-7-15/h3-12H,2,13H2,1H3,(H,20,22). The maximum absolute atomic E-state index is 12.1. The molecule has 23 heavy (non-hydrogen) atoms. The van der Waals surface area contributed by atoms with Crippen molar-refractivity contribution in [3.8, 4) is 11.3 Å². The molecule has 3 aromatic rings. The first kappa shape index (κ1) is 15.0. The SMILES string of the molecule is CCc1ccc(NC(=O)Cc2cc(-c3ccccc3)on2)cc1. The Morgan fingerprint density at radius 1 is 1.09 bits per heavy atom. The highest BCUT2D eigenvalue weighted by atomic mass is 16.5. The van der Waals surface area contributed by atoms with Crippen LogP contribution in [0.3, 0.4) is 0 Å². The Balaban J connectivity index is 1.63. The molecule has 0 aliphatic carbocycles. The smallest absolute Gasteiger partial charge is 0.230 e. The fourth-order valence-electron chi connectivity index (χ4n) is 2.33. The molecule has 0 saturated carbocycles. The molecule has 116 valence electrons. The number of carbonyl (C=O) groups excluding carboxylic acids is 1. The van der Waals surface area contributed by atoms with Crippen LogP contribution in [0.4, 0.5) is 5.69 Å². The van der Waals surface area contributed by atoms with E-state index in [4.69, 9.17) is 4.52 Å². The highest BCUT2D eigenvalue weighted by Gasteiger charge is 2.10. The number of carbonyl (C=O) groups is 1. The van der Waals surface area contributed by atoms with E-state index in [2.05, 4.69) is 17.4 Å². The van der Waals surface area contributed by atoms with Gasteiger partial charge < -0.3 is 9.84 Å². The molecule has 0 unspecified atom stereocenters. The molecular weight excluding hydrogens is 288 g/mol. The first-order chi connectivity index (χ1) is 11.2. The Kier molecular flexibility index (Phi) is 4.52. The van der Waals surface area contributed by atoms with Crippen LogP contribution >= 0.6 is 0 Å². The second-order valence-corrected chi connectivity index (χ2v) is 5.32. The summed E-state index contributed by atoms with van der Waals surface area (Å²) >= 11 is 0. The van der Waals surface area contributed by atoms with Crippen molar-refractivity contribution >= 4 is 11.6 Å². The number of nitrogens with zero attached hydrogens (tertiary/aromatic N) is 1. The summed E-state index contributed by atoms with van der Waals surface area (Å²) < 4.78 is 5.30. The van der Waals surface area contributed by atoms with Gasteiger partial charge in [0.25, 0.3) is 0 Å². The molecule has 1 aromatic heterocycles. The van der Waals surface area contributed by atoms with Crippen LogP contribution in [-0.4, -0.2) is 11.1 Å². The van der Waals surface area contributed by atoms with Gasteiger partial charge in [0.1, 0.15) is 0 Å². The minimum absolute atomic E-state index is 0.109. The molecule has 0 saturated heterocycles. The van der Waals surface area contributed by atoms with Crippen LogP contribution in [0.1, 0.15) is 18.2 Å².